The third-order valence-corrected chi connectivity index (χ3v) is 5.14. The number of nitro groups is 1. The Hall–Kier alpha value is -3.83. The smallest absolute Gasteiger partial charge is 0.400 e. The van der Waals surface area contributed by atoms with Gasteiger partial charge in [-0.05, 0) is 56.8 Å². The lowest BCUT2D eigenvalue weighted by Crippen LogP contribution is -2.21. The number of carbonyl (C=O) groups excluding carboxylic acids is 1. The van der Waals surface area contributed by atoms with Gasteiger partial charge in [-0.3, -0.25) is 19.9 Å². The molecule has 0 saturated carbocycles. The Morgan fingerprint density at radius 1 is 1.08 bits per heavy atom. The van der Waals surface area contributed by atoms with Crippen molar-refractivity contribution in [1.82, 2.24) is 10.3 Å². The number of nitrogens with one attached hydrogen (secondary N) is 1. The molecule has 8 nitrogen and oxygen atoms in total. The number of rotatable bonds is 8. The summed E-state index contributed by atoms with van der Waals surface area (Å²) in [6, 6.07) is 13.4. The van der Waals surface area contributed by atoms with Crippen LogP contribution in [0.4, 0.5) is 24.5 Å². The first-order valence-corrected chi connectivity index (χ1v) is 11.3. The summed E-state index contributed by atoms with van der Waals surface area (Å²) in [5.41, 5.74) is 2.18. The monoisotopic (exact) mass is 520 g/mol. The van der Waals surface area contributed by atoms with Gasteiger partial charge in [-0.25, -0.2) is 0 Å². The quantitative estimate of drug-likeness (QED) is 0.234. The number of hydrogen-bond donors (Lipinski definition) is 2. The van der Waals surface area contributed by atoms with Gasteiger partial charge >= 0.3 is 6.18 Å². The van der Waals surface area contributed by atoms with E-state index in [2.05, 4.69) is 15.2 Å². The van der Waals surface area contributed by atoms with Crippen LogP contribution in [0.2, 0.25) is 0 Å². The summed E-state index contributed by atoms with van der Waals surface area (Å²) < 4.78 is 36.6. The molecule has 200 valence electrons. The Bertz CT molecular complexity index is 1150. The highest BCUT2D eigenvalue weighted by molar-refractivity contribution is 5.81. The van der Waals surface area contributed by atoms with Gasteiger partial charge in [-0.15, -0.1) is 0 Å². The fourth-order valence-electron chi connectivity index (χ4n) is 3.40. The van der Waals surface area contributed by atoms with Gasteiger partial charge in [0, 0.05) is 50.3 Å². The van der Waals surface area contributed by atoms with E-state index in [-0.39, 0.29) is 5.69 Å². The molecule has 0 atom stereocenters. The summed E-state index contributed by atoms with van der Waals surface area (Å²) in [6.45, 7) is 6.10. The number of benzene rings is 2. The zero-order valence-corrected chi connectivity index (χ0v) is 21.1. The number of pyridine rings is 1. The minimum absolute atomic E-state index is 0.0218. The summed E-state index contributed by atoms with van der Waals surface area (Å²) in [4.78, 5) is 28.0. The molecule has 3 rings (SSSR count). The lowest BCUT2D eigenvalue weighted by molar-refractivity contribution is -0.384. The van der Waals surface area contributed by atoms with Crippen molar-refractivity contribution in [2.75, 3.05) is 32.1 Å². The number of alkyl halides is 3. The number of aromatic nitrogens is 1. The van der Waals surface area contributed by atoms with Crippen molar-refractivity contribution in [3.63, 3.8) is 0 Å². The van der Waals surface area contributed by atoms with E-state index in [1.165, 1.54) is 18.3 Å². The normalized spacial score (nSPS) is 10.4. The second kappa shape index (κ2) is 15.3. The van der Waals surface area contributed by atoms with E-state index in [0.29, 0.717) is 35.2 Å². The SMILES string of the molecule is CCN(CC)c1ccc([N+](=O)[O-])c(-c2cc(C=O)ccn2)c1.CNCc1cccc(C(F)(F)F)c1.CO. The first kappa shape index (κ1) is 31.2. The fraction of sp³-hybridized carbons (Fsp3) is 0.308. The molecule has 2 N–H and O–H groups in total. The van der Waals surface area contributed by atoms with Crippen molar-refractivity contribution < 1.29 is 28.0 Å². The van der Waals surface area contributed by atoms with Crippen LogP contribution in [-0.2, 0) is 12.7 Å². The number of aliphatic hydroxyl groups is 1. The molecule has 0 fully saturated rings. The van der Waals surface area contributed by atoms with Crippen LogP contribution in [0, 0.1) is 10.1 Å². The third kappa shape index (κ3) is 9.28. The molecule has 0 aliphatic heterocycles. The van der Waals surface area contributed by atoms with Gasteiger partial charge < -0.3 is 15.3 Å². The third-order valence-electron chi connectivity index (χ3n) is 5.14. The predicted molar refractivity (Wildman–Crippen MR) is 138 cm³/mol. The number of nitro benzene ring substituents is 1. The fourth-order valence-corrected chi connectivity index (χ4v) is 3.40. The summed E-state index contributed by atoms with van der Waals surface area (Å²) in [5.74, 6) is 0. The van der Waals surface area contributed by atoms with Crippen molar-refractivity contribution in [3.05, 3.63) is 87.6 Å². The maximum atomic E-state index is 12.2. The number of anilines is 1. The highest BCUT2D eigenvalue weighted by atomic mass is 19.4. The summed E-state index contributed by atoms with van der Waals surface area (Å²) in [5, 5.41) is 21.1. The van der Waals surface area contributed by atoms with Crippen LogP contribution >= 0.6 is 0 Å². The highest BCUT2D eigenvalue weighted by Gasteiger charge is 2.30. The molecule has 0 aliphatic rings. The molecule has 0 bridgehead atoms. The molecule has 0 saturated heterocycles. The lowest BCUT2D eigenvalue weighted by atomic mass is 10.1. The van der Waals surface area contributed by atoms with E-state index in [1.54, 1.807) is 37.4 Å². The Labute approximate surface area is 213 Å². The number of aldehydes is 1. The Balaban J connectivity index is 0.000000389. The van der Waals surface area contributed by atoms with Crippen LogP contribution in [0.25, 0.3) is 11.3 Å². The van der Waals surface area contributed by atoms with Crippen LogP contribution in [-0.4, -0.2) is 48.5 Å². The molecule has 0 unspecified atom stereocenters. The van der Waals surface area contributed by atoms with Crippen molar-refractivity contribution in [1.29, 1.82) is 0 Å². The Morgan fingerprint density at radius 3 is 2.30 bits per heavy atom. The molecular formula is C26H31F3N4O4. The zero-order valence-electron chi connectivity index (χ0n) is 21.1. The van der Waals surface area contributed by atoms with E-state index < -0.39 is 16.7 Å². The number of hydrogen-bond acceptors (Lipinski definition) is 7. The van der Waals surface area contributed by atoms with E-state index in [9.17, 15) is 28.1 Å². The zero-order chi connectivity index (χ0) is 28.0. The van der Waals surface area contributed by atoms with Crippen molar-refractivity contribution in [2.24, 2.45) is 0 Å². The number of nitrogens with zero attached hydrogens (tertiary/aromatic N) is 3. The number of halogens is 3. The minimum Gasteiger partial charge on any atom is -0.400 e. The molecule has 3 aromatic rings. The minimum atomic E-state index is -4.25. The number of carbonyl (C=O) groups is 1. The standard InChI is InChI=1S/C16H17N3O3.C9H10F3N.CH4O/c1-3-18(4-2)13-5-6-16(19(21)22)14(10-13)15-9-12(11-20)7-8-17-15;1-13-6-7-3-2-4-8(5-7)9(10,11)12;1-2/h5-11H,3-4H2,1-2H3;2-5,13H,6H2,1H3;2H,1H3. The second-order valence-electron chi connectivity index (χ2n) is 7.45. The Kier molecular flexibility index (Phi) is 12.9. The first-order valence-electron chi connectivity index (χ1n) is 11.3. The van der Waals surface area contributed by atoms with Crippen LogP contribution in [0.15, 0.2) is 60.8 Å². The van der Waals surface area contributed by atoms with Gasteiger partial charge in [0.2, 0.25) is 0 Å². The molecule has 0 aliphatic carbocycles. The summed E-state index contributed by atoms with van der Waals surface area (Å²) in [6.07, 6.45) is -2.07. The van der Waals surface area contributed by atoms with E-state index in [0.717, 1.165) is 38.0 Å². The van der Waals surface area contributed by atoms with Crippen LogP contribution in [0.3, 0.4) is 0 Å². The summed E-state index contributed by atoms with van der Waals surface area (Å²) >= 11 is 0. The molecule has 0 radical (unpaired) electrons. The maximum Gasteiger partial charge on any atom is 0.416 e. The van der Waals surface area contributed by atoms with Gasteiger partial charge in [-0.2, -0.15) is 13.2 Å². The van der Waals surface area contributed by atoms with Gasteiger partial charge in [-0.1, -0.05) is 18.2 Å². The predicted octanol–water partition coefficient (Wildman–Crippen LogP) is 5.35. The van der Waals surface area contributed by atoms with E-state index in [4.69, 9.17) is 5.11 Å². The molecular weight excluding hydrogens is 489 g/mol. The average molecular weight is 521 g/mol. The second-order valence-corrected chi connectivity index (χ2v) is 7.45. The van der Waals surface area contributed by atoms with Crippen molar-refractivity contribution in [2.45, 2.75) is 26.6 Å². The lowest BCUT2D eigenvalue weighted by Gasteiger charge is -2.21. The van der Waals surface area contributed by atoms with Gasteiger partial charge in [0.05, 0.1) is 21.7 Å². The molecule has 11 heteroatoms. The van der Waals surface area contributed by atoms with E-state index >= 15 is 0 Å². The molecule has 37 heavy (non-hydrogen) atoms. The average Bonchev–Trinajstić information content (AvgIpc) is 2.90. The van der Waals surface area contributed by atoms with Gasteiger partial charge in [0.25, 0.3) is 5.69 Å². The Morgan fingerprint density at radius 2 is 1.76 bits per heavy atom. The van der Waals surface area contributed by atoms with Gasteiger partial charge in [0.1, 0.15) is 6.29 Å². The topological polar surface area (TPSA) is 109 Å². The van der Waals surface area contributed by atoms with Gasteiger partial charge in [0.15, 0.2) is 0 Å². The highest BCUT2D eigenvalue weighted by Crippen LogP contribution is 2.33. The molecule has 0 spiro atoms. The molecule has 0 amide bonds. The van der Waals surface area contributed by atoms with Crippen LogP contribution in [0.5, 0.6) is 0 Å². The molecule has 2 aromatic carbocycles. The maximum absolute atomic E-state index is 12.2. The van der Waals surface area contributed by atoms with Crippen LogP contribution in [0.1, 0.15) is 35.3 Å². The summed E-state index contributed by atoms with van der Waals surface area (Å²) in [7, 11) is 2.69. The number of aliphatic hydroxyl groups excluding tert-OH is 1. The molecule has 1 aromatic heterocycles. The van der Waals surface area contributed by atoms with Crippen molar-refractivity contribution >= 4 is 17.7 Å². The van der Waals surface area contributed by atoms with E-state index in [1.807, 2.05) is 13.8 Å². The first-order chi connectivity index (χ1) is 17.6. The largest absolute Gasteiger partial charge is 0.416 e. The van der Waals surface area contributed by atoms with Crippen LogP contribution < -0.4 is 10.2 Å². The van der Waals surface area contributed by atoms with Crippen molar-refractivity contribution in [3.8, 4) is 11.3 Å². The molecule has 1 heterocycles.